The lowest BCUT2D eigenvalue weighted by atomic mass is 9.94. The molecule has 3 aromatic rings. The van der Waals surface area contributed by atoms with Crippen LogP contribution in [0.1, 0.15) is 51.7 Å². The third-order valence-corrected chi connectivity index (χ3v) is 5.46. The summed E-state index contributed by atoms with van der Waals surface area (Å²) in [7, 11) is 0. The number of phenols is 2. The molecule has 0 amide bonds. The number of anilines is 1. The molecule has 1 aromatic heterocycles. The van der Waals surface area contributed by atoms with Crippen LogP contribution in [0, 0.1) is 5.92 Å². The van der Waals surface area contributed by atoms with E-state index in [2.05, 4.69) is 43.0 Å². The summed E-state index contributed by atoms with van der Waals surface area (Å²) in [6.45, 7) is 13.5. The van der Waals surface area contributed by atoms with Gasteiger partial charge in [-0.3, -0.25) is 4.90 Å². The standard InChI is InChI=1S/C25H33N3O3/c1-6-28(13-15(2)3)14-17-7-9-18(10-8-17)23-24(27-31-25(23)26)20-11-19(16(4)5)21(29)12-22(20)30/h7-12,15-16,29-30H,6,13-14,26H2,1-5H3. The Balaban J connectivity index is 1.96. The van der Waals surface area contributed by atoms with Gasteiger partial charge in [-0.2, -0.15) is 0 Å². The Hall–Kier alpha value is -2.99. The second kappa shape index (κ2) is 9.43. The van der Waals surface area contributed by atoms with Crippen LogP contribution < -0.4 is 5.73 Å². The highest BCUT2D eigenvalue weighted by atomic mass is 16.5. The van der Waals surface area contributed by atoms with E-state index in [1.165, 1.54) is 11.6 Å². The molecule has 0 aliphatic rings. The van der Waals surface area contributed by atoms with Gasteiger partial charge in [-0.15, -0.1) is 0 Å². The van der Waals surface area contributed by atoms with Gasteiger partial charge in [0.1, 0.15) is 17.2 Å². The molecule has 6 heteroatoms. The molecule has 1 heterocycles. The highest BCUT2D eigenvalue weighted by Crippen LogP contribution is 2.43. The fourth-order valence-electron chi connectivity index (χ4n) is 3.87. The first-order chi connectivity index (χ1) is 14.7. The molecule has 166 valence electrons. The molecule has 0 aliphatic heterocycles. The predicted molar refractivity (Wildman–Crippen MR) is 125 cm³/mol. The summed E-state index contributed by atoms with van der Waals surface area (Å²) in [5.41, 5.74) is 10.5. The molecule has 0 radical (unpaired) electrons. The number of hydrogen-bond acceptors (Lipinski definition) is 6. The minimum Gasteiger partial charge on any atom is -0.508 e. The average molecular weight is 424 g/mol. The van der Waals surface area contributed by atoms with Crippen molar-refractivity contribution in [2.75, 3.05) is 18.8 Å². The van der Waals surface area contributed by atoms with Crippen LogP contribution in [0.4, 0.5) is 5.88 Å². The van der Waals surface area contributed by atoms with Crippen LogP contribution in [0.25, 0.3) is 22.4 Å². The smallest absolute Gasteiger partial charge is 0.230 e. The molecule has 0 spiro atoms. The van der Waals surface area contributed by atoms with Crippen molar-refractivity contribution in [3.8, 4) is 33.9 Å². The highest BCUT2D eigenvalue weighted by molar-refractivity contribution is 5.89. The molecule has 6 nitrogen and oxygen atoms in total. The van der Waals surface area contributed by atoms with Gasteiger partial charge in [0.15, 0.2) is 0 Å². The van der Waals surface area contributed by atoms with E-state index in [-0.39, 0.29) is 23.3 Å². The first-order valence-corrected chi connectivity index (χ1v) is 10.8. The predicted octanol–water partition coefficient (Wildman–Crippen LogP) is 5.60. The number of phenolic OH excluding ortho intramolecular Hbond substituents is 2. The fraction of sp³-hybridized carbons (Fsp3) is 0.400. The average Bonchev–Trinajstić information content (AvgIpc) is 3.08. The van der Waals surface area contributed by atoms with E-state index in [0.29, 0.717) is 22.7 Å². The second-order valence-electron chi connectivity index (χ2n) is 8.77. The lowest BCUT2D eigenvalue weighted by Crippen LogP contribution is -2.26. The number of benzene rings is 2. The number of aromatic hydroxyl groups is 2. The van der Waals surface area contributed by atoms with Gasteiger partial charge < -0.3 is 20.5 Å². The molecular formula is C25H33N3O3. The van der Waals surface area contributed by atoms with Crippen LogP contribution in [0.3, 0.4) is 0 Å². The maximum absolute atomic E-state index is 10.5. The zero-order chi connectivity index (χ0) is 22.7. The van der Waals surface area contributed by atoms with Crippen LogP contribution >= 0.6 is 0 Å². The number of aromatic nitrogens is 1. The minimum absolute atomic E-state index is 0.0560. The number of hydrogen-bond donors (Lipinski definition) is 3. The Bertz CT molecular complexity index is 1020. The molecule has 31 heavy (non-hydrogen) atoms. The molecule has 0 bridgehead atoms. The summed E-state index contributed by atoms with van der Waals surface area (Å²) < 4.78 is 5.29. The van der Waals surface area contributed by atoms with Crippen LogP contribution in [-0.2, 0) is 6.54 Å². The normalized spacial score (nSPS) is 11.7. The Morgan fingerprint density at radius 3 is 2.29 bits per heavy atom. The van der Waals surface area contributed by atoms with Gasteiger partial charge in [0.2, 0.25) is 5.88 Å². The zero-order valence-corrected chi connectivity index (χ0v) is 19.0. The lowest BCUT2D eigenvalue weighted by Gasteiger charge is -2.22. The molecular weight excluding hydrogens is 390 g/mol. The summed E-state index contributed by atoms with van der Waals surface area (Å²) in [6, 6.07) is 11.3. The number of nitrogens with two attached hydrogens (primary N) is 1. The van der Waals surface area contributed by atoms with Crippen molar-refractivity contribution in [3.63, 3.8) is 0 Å². The molecule has 0 atom stereocenters. The van der Waals surface area contributed by atoms with Gasteiger partial charge in [-0.25, -0.2) is 0 Å². The molecule has 4 N–H and O–H groups in total. The SMILES string of the molecule is CCN(Cc1ccc(-c2c(-c3cc(C(C)C)c(O)cc3O)noc2N)cc1)CC(C)C. The molecule has 0 unspecified atom stereocenters. The summed E-state index contributed by atoms with van der Waals surface area (Å²) in [4.78, 5) is 2.42. The Morgan fingerprint density at radius 1 is 1.03 bits per heavy atom. The summed E-state index contributed by atoms with van der Waals surface area (Å²) in [6.07, 6.45) is 0. The van der Waals surface area contributed by atoms with Gasteiger partial charge >= 0.3 is 0 Å². The number of nitrogens with zero attached hydrogens (tertiary/aromatic N) is 2. The van der Waals surface area contributed by atoms with Crippen LogP contribution in [0.2, 0.25) is 0 Å². The lowest BCUT2D eigenvalue weighted by molar-refractivity contribution is 0.248. The molecule has 0 aliphatic carbocycles. The molecule has 0 saturated carbocycles. The number of nitrogen functional groups attached to an aromatic ring is 1. The fourth-order valence-corrected chi connectivity index (χ4v) is 3.87. The molecule has 3 rings (SSSR count). The van der Waals surface area contributed by atoms with Crippen LogP contribution in [-0.4, -0.2) is 33.4 Å². The van der Waals surface area contributed by atoms with Crippen molar-refractivity contribution in [2.45, 2.75) is 47.1 Å². The van der Waals surface area contributed by atoms with E-state index in [9.17, 15) is 10.2 Å². The highest BCUT2D eigenvalue weighted by Gasteiger charge is 2.22. The van der Waals surface area contributed by atoms with Crippen LogP contribution in [0.15, 0.2) is 40.9 Å². The first-order valence-electron chi connectivity index (χ1n) is 10.8. The van der Waals surface area contributed by atoms with Crippen molar-refractivity contribution >= 4 is 5.88 Å². The van der Waals surface area contributed by atoms with Gasteiger partial charge in [0.25, 0.3) is 0 Å². The quantitative estimate of drug-likeness (QED) is 0.436. The zero-order valence-electron chi connectivity index (χ0n) is 19.0. The van der Waals surface area contributed by atoms with Crippen LogP contribution in [0.5, 0.6) is 11.5 Å². The van der Waals surface area contributed by atoms with Crippen molar-refractivity contribution in [1.82, 2.24) is 10.1 Å². The monoisotopic (exact) mass is 423 g/mol. The third-order valence-electron chi connectivity index (χ3n) is 5.46. The Morgan fingerprint density at radius 2 is 1.71 bits per heavy atom. The molecule has 2 aromatic carbocycles. The van der Waals surface area contributed by atoms with E-state index in [1.54, 1.807) is 6.07 Å². The maximum atomic E-state index is 10.5. The van der Waals surface area contributed by atoms with Gasteiger partial charge in [-0.05, 0) is 41.1 Å². The summed E-state index contributed by atoms with van der Waals surface area (Å²) in [5, 5.41) is 24.8. The van der Waals surface area contributed by atoms with E-state index < -0.39 is 0 Å². The van der Waals surface area contributed by atoms with Crippen molar-refractivity contribution in [1.29, 1.82) is 0 Å². The van der Waals surface area contributed by atoms with Gasteiger partial charge in [-0.1, -0.05) is 64.0 Å². The van der Waals surface area contributed by atoms with Gasteiger partial charge in [0.05, 0.1) is 5.56 Å². The van der Waals surface area contributed by atoms with Crippen molar-refractivity contribution < 1.29 is 14.7 Å². The van der Waals surface area contributed by atoms with E-state index in [1.807, 2.05) is 26.0 Å². The molecule has 0 fully saturated rings. The minimum atomic E-state index is -0.0691. The van der Waals surface area contributed by atoms with E-state index in [4.69, 9.17) is 10.3 Å². The van der Waals surface area contributed by atoms with E-state index >= 15 is 0 Å². The molecule has 0 saturated heterocycles. The summed E-state index contributed by atoms with van der Waals surface area (Å²) >= 11 is 0. The Labute approximate surface area is 184 Å². The Kier molecular flexibility index (Phi) is 6.91. The second-order valence-corrected chi connectivity index (χ2v) is 8.77. The van der Waals surface area contributed by atoms with E-state index in [0.717, 1.165) is 30.8 Å². The van der Waals surface area contributed by atoms with Crippen molar-refractivity contribution in [2.24, 2.45) is 5.92 Å². The number of rotatable bonds is 8. The van der Waals surface area contributed by atoms with Crippen molar-refractivity contribution in [3.05, 3.63) is 47.5 Å². The first kappa shape index (κ1) is 22.7. The third kappa shape index (κ3) is 5.02. The summed E-state index contributed by atoms with van der Waals surface area (Å²) in [5.74, 6) is 0.878. The topological polar surface area (TPSA) is 95.8 Å². The maximum Gasteiger partial charge on any atom is 0.230 e. The van der Waals surface area contributed by atoms with Gasteiger partial charge in [0, 0.05) is 24.7 Å². The largest absolute Gasteiger partial charge is 0.508 e.